The van der Waals surface area contributed by atoms with Crippen molar-refractivity contribution in [2.45, 2.75) is 65.2 Å². The van der Waals surface area contributed by atoms with E-state index in [4.69, 9.17) is 9.97 Å². The molecule has 1 heterocycles. The topological polar surface area (TPSA) is 37.8 Å². The molecular weight excluding hydrogens is 278 g/mol. The van der Waals surface area contributed by atoms with E-state index >= 15 is 0 Å². The van der Waals surface area contributed by atoms with E-state index in [1.54, 1.807) is 0 Å². The van der Waals surface area contributed by atoms with Crippen molar-refractivity contribution in [3.63, 3.8) is 0 Å². The first kappa shape index (κ1) is 16.8. The van der Waals surface area contributed by atoms with Crippen molar-refractivity contribution >= 4 is 11.8 Å². The van der Waals surface area contributed by atoms with Gasteiger partial charge in [-0.05, 0) is 56.4 Å². The van der Waals surface area contributed by atoms with Gasteiger partial charge in [0.2, 0.25) is 0 Å². The van der Waals surface area contributed by atoms with E-state index < -0.39 is 0 Å². The molecule has 3 nitrogen and oxygen atoms in total. The van der Waals surface area contributed by atoms with Crippen molar-refractivity contribution in [1.29, 1.82) is 0 Å². The van der Waals surface area contributed by atoms with Gasteiger partial charge < -0.3 is 5.32 Å². The molecule has 2 rings (SSSR count). The number of aromatic nitrogens is 2. The number of hydrogen-bond acceptors (Lipinski definition) is 4. The fourth-order valence-electron chi connectivity index (χ4n) is 2.87. The van der Waals surface area contributed by atoms with Gasteiger partial charge in [-0.2, -0.15) is 11.8 Å². The molecule has 0 aromatic carbocycles. The van der Waals surface area contributed by atoms with Gasteiger partial charge in [0.05, 0.1) is 5.75 Å². The number of nitrogens with one attached hydrogen (secondary N) is 1. The average Bonchev–Trinajstić information content (AvgIpc) is 2.45. The van der Waals surface area contributed by atoms with E-state index in [-0.39, 0.29) is 0 Å². The molecule has 0 saturated heterocycles. The Labute approximate surface area is 133 Å². The summed E-state index contributed by atoms with van der Waals surface area (Å²) in [5.74, 6) is 3.92. The van der Waals surface area contributed by atoms with Gasteiger partial charge in [-0.3, -0.25) is 0 Å². The first-order valence-corrected chi connectivity index (χ1v) is 9.42. The molecular formula is C17H29N3S. The highest BCUT2D eigenvalue weighted by Crippen LogP contribution is 2.26. The number of nitrogens with zero attached hydrogens (tertiary/aromatic N) is 2. The summed E-state index contributed by atoms with van der Waals surface area (Å²) in [6.45, 7) is 9.92. The van der Waals surface area contributed by atoms with Crippen LogP contribution in [0.25, 0.3) is 0 Å². The van der Waals surface area contributed by atoms with Gasteiger partial charge in [0.15, 0.2) is 0 Å². The highest BCUT2D eigenvalue weighted by molar-refractivity contribution is 7.98. The number of fused-ring (bicyclic) bond motifs is 1. The maximum Gasteiger partial charge on any atom is 0.138 e. The zero-order chi connectivity index (χ0) is 15.2. The molecule has 1 aliphatic rings. The van der Waals surface area contributed by atoms with Crippen molar-refractivity contribution in [2.75, 3.05) is 12.3 Å². The molecule has 1 N–H and O–H groups in total. The van der Waals surface area contributed by atoms with Crippen LogP contribution < -0.4 is 5.32 Å². The van der Waals surface area contributed by atoms with Gasteiger partial charge in [0.25, 0.3) is 0 Å². The van der Waals surface area contributed by atoms with Crippen LogP contribution in [0.15, 0.2) is 0 Å². The minimum absolute atomic E-state index is 0.571. The second-order valence-electron chi connectivity index (χ2n) is 6.37. The van der Waals surface area contributed by atoms with Crippen LogP contribution in [0, 0.1) is 12.8 Å². The van der Waals surface area contributed by atoms with E-state index in [2.05, 4.69) is 33.0 Å². The monoisotopic (exact) mass is 307 g/mol. The normalized spacial score (nSPS) is 18.0. The molecule has 21 heavy (non-hydrogen) atoms. The maximum atomic E-state index is 4.82. The lowest BCUT2D eigenvalue weighted by atomic mass is 9.85. The van der Waals surface area contributed by atoms with Crippen LogP contribution in [0.1, 0.15) is 56.4 Å². The van der Waals surface area contributed by atoms with E-state index in [0.29, 0.717) is 6.04 Å². The molecule has 1 aromatic rings. The SMILES string of the molecule is CCCSCc1nc(C)c2c(n1)CCC(CNC(C)C)C2. The zero-order valence-electron chi connectivity index (χ0n) is 13.9. The van der Waals surface area contributed by atoms with Crippen molar-refractivity contribution < 1.29 is 0 Å². The van der Waals surface area contributed by atoms with Crippen LogP contribution in [0.5, 0.6) is 0 Å². The number of hydrogen-bond donors (Lipinski definition) is 1. The molecule has 0 fully saturated rings. The quantitative estimate of drug-likeness (QED) is 0.782. The summed E-state index contributed by atoms with van der Waals surface area (Å²) in [7, 11) is 0. The van der Waals surface area contributed by atoms with Gasteiger partial charge in [0, 0.05) is 17.4 Å². The second-order valence-corrected chi connectivity index (χ2v) is 7.48. The second kappa shape index (κ2) is 8.14. The lowest BCUT2D eigenvalue weighted by Crippen LogP contribution is -2.32. The first-order chi connectivity index (χ1) is 10.1. The number of aryl methyl sites for hydroxylation is 2. The van der Waals surface area contributed by atoms with Gasteiger partial charge in [0.1, 0.15) is 5.82 Å². The fourth-order valence-corrected chi connectivity index (χ4v) is 3.62. The standard InChI is InChI=1S/C17H29N3S/c1-5-8-21-11-17-19-13(4)15-9-14(10-18-12(2)3)6-7-16(15)20-17/h12,14,18H,5-11H2,1-4H3. The lowest BCUT2D eigenvalue weighted by molar-refractivity contribution is 0.401. The van der Waals surface area contributed by atoms with Gasteiger partial charge in [-0.1, -0.05) is 20.8 Å². The predicted octanol–water partition coefficient (Wildman–Crippen LogP) is 3.53. The summed E-state index contributed by atoms with van der Waals surface area (Å²) in [5, 5.41) is 3.57. The van der Waals surface area contributed by atoms with Crippen molar-refractivity contribution in [3.8, 4) is 0 Å². The Bertz CT molecular complexity index is 460. The summed E-state index contributed by atoms with van der Waals surface area (Å²) in [4.78, 5) is 9.56. The Kier molecular flexibility index (Phi) is 6.49. The number of thioether (sulfide) groups is 1. The van der Waals surface area contributed by atoms with Crippen molar-refractivity contribution in [1.82, 2.24) is 15.3 Å². The molecule has 118 valence electrons. The van der Waals surface area contributed by atoms with Gasteiger partial charge in [-0.25, -0.2) is 9.97 Å². The minimum Gasteiger partial charge on any atom is -0.314 e. The van der Waals surface area contributed by atoms with Crippen molar-refractivity contribution in [3.05, 3.63) is 22.8 Å². The Morgan fingerprint density at radius 3 is 2.86 bits per heavy atom. The van der Waals surface area contributed by atoms with Crippen LogP contribution in [0.2, 0.25) is 0 Å². The summed E-state index contributed by atoms with van der Waals surface area (Å²) in [6, 6.07) is 0.571. The van der Waals surface area contributed by atoms with E-state index in [0.717, 1.165) is 36.9 Å². The lowest BCUT2D eigenvalue weighted by Gasteiger charge is -2.26. The summed E-state index contributed by atoms with van der Waals surface area (Å²) in [6.07, 6.45) is 4.74. The van der Waals surface area contributed by atoms with Gasteiger partial charge in [-0.15, -0.1) is 0 Å². The Balaban J connectivity index is 2.00. The number of rotatable bonds is 7. The highest BCUT2D eigenvalue weighted by Gasteiger charge is 2.22. The fraction of sp³-hybridized carbons (Fsp3) is 0.765. The van der Waals surface area contributed by atoms with E-state index in [1.165, 1.54) is 35.5 Å². The highest BCUT2D eigenvalue weighted by atomic mass is 32.2. The largest absolute Gasteiger partial charge is 0.314 e. The molecule has 0 amide bonds. The van der Waals surface area contributed by atoms with Crippen LogP contribution in [0.4, 0.5) is 0 Å². The third kappa shape index (κ3) is 4.96. The molecule has 0 aliphatic heterocycles. The zero-order valence-corrected chi connectivity index (χ0v) is 14.7. The van der Waals surface area contributed by atoms with Crippen LogP contribution in [-0.4, -0.2) is 28.3 Å². The third-order valence-corrected chi connectivity index (χ3v) is 5.18. The molecule has 1 aliphatic carbocycles. The molecule has 0 spiro atoms. The molecule has 1 aromatic heterocycles. The minimum atomic E-state index is 0.571. The van der Waals surface area contributed by atoms with Crippen LogP contribution in [0.3, 0.4) is 0 Å². The Morgan fingerprint density at radius 2 is 2.14 bits per heavy atom. The predicted molar refractivity (Wildman–Crippen MR) is 91.9 cm³/mol. The summed E-state index contributed by atoms with van der Waals surface area (Å²) in [5.41, 5.74) is 3.94. The third-order valence-electron chi connectivity index (χ3n) is 4.02. The molecule has 0 saturated carbocycles. The molecule has 0 radical (unpaired) electrons. The van der Waals surface area contributed by atoms with Gasteiger partial charge >= 0.3 is 0 Å². The van der Waals surface area contributed by atoms with E-state index in [9.17, 15) is 0 Å². The smallest absolute Gasteiger partial charge is 0.138 e. The Hall–Kier alpha value is -0.610. The molecule has 1 atom stereocenters. The summed E-state index contributed by atoms with van der Waals surface area (Å²) >= 11 is 1.94. The van der Waals surface area contributed by atoms with Crippen LogP contribution in [-0.2, 0) is 18.6 Å². The summed E-state index contributed by atoms with van der Waals surface area (Å²) < 4.78 is 0. The molecule has 0 bridgehead atoms. The molecule has 1 unspecified atom stereocenters. The van der Waals surface area contributed by atoms with E-state index in [1.807, 2.05) is 11.8 Å². The first-order valence-electron chi connectivity index (χ1n) is 8.26. The van der Waals surface area contributed by atoms with Crippen molar-refractivity contribution in [2.24, 2.45) is 5.92 Å². The molecule has 4 heteroatoms. The maximum absolute atomic E-state index is 4.82. The Morgan fingerprint density at radius 1 is 1.33 bits per heavy atom. The average molecular weight is 308 g/mol. The van der Waals surface area contributed by atoms with Crippen LogP contribution >= 0.6 is 11.8 Å².